The first-order valence-corrected chi connectivity index (χ1v) is 13.8. The molecule has 41 heavy (non-hydrogen) atoms. The zero-order valence-electron chi connectivity index (χ0n) is 21.0. The fraction of sp³-hybridized carbons (Fsp3) is 0.192. The average Bonchev–Trinajstić information content (AvgIpc) is 3.70. The van der Waals surface area contributed by atoms with Crippen molar-refractivity contribution in [3.63, 3.8) is 0 Å². The fourth-order valence-electron chi connectivity index (χ4n) is 4.54. The number of anilines is 1. The summed E-state index contributed by atoms with van der Waals surface area (Å²) in [5.41, 5.74) is 0.570. The first-order chi connectivity index (χ1) is 19.6. The third-order valence-corrected chi connectivity index (χ3v) is 8.15. The smallest absolute Gasteiger partial charge is 0.406 e. The van der Waals surface area contributed by atoms with E-state index in [1.807, 2.05) is 24.3 Å². The number of rotatable bonds is 8. The molecule has 0 unspecified atom stereocenters. The lowest BCUT2D eigenvalue weighted by Crippen LogP contribution is -2.33. The second kappa shape index (κ2) is 9.99. The summed E-state index contributed by atoms with van der Waals surface area (Å²) in [5.74, 6) is -0.171. The van der Waals surface area contributed by atoms with Gasteiger partial charge in [0.05, 0.1) is 12.2 Å². The van der Waals surface area contributed by atoms with E-state index < -0.39 is 32.9 Å². The van der Waals surface area contributed by atoms with Crippen molar-refractivity contribution < 1.29 is 26.3 Å². The van der Waals surface area contributed by atoms with Gasteiger partial charge in [0.25, 0.3) is 10.0 Å². The molecule has 210 valence electrons. The van der Waals surface area contributed by atoms with Gasteiger partial charge in [-0.25, -0.2) is 24.2 Å². The monoisotopic (exact) mass is 583 g/mol. The first-order valence-electron chi connectivity index (χ1n) is 12.3. The van der Waals surface area contributed by atoms with E-state index in [2.05, 4.69) is 30.2 Å². The number of fused-ring (bicyclic) bond motifs is 1. The Morgan fingerprint density at radius 3 is 2.49 bits per heavy atom. The van der Waals surface area contributed by atoms with Crippen LogP contribution in [0.3, 0.4) is 0 Å². The van der Waals surface area contributed by atoms with E-state index in [0.29, 0.717) is 5.56 Å². The number of ether oxygens (including phenoxy) is 1. The largest absolute Gasteiger partial charge is 0.573 e. The van der Waals surface area contributed by atoms with Crippen LogP contribution < -0.4 is 14.7 Å². The van der Waals surface area contributed by atoms with E-state index in [9.17, 15) is 26.4 Å². The maximum Gasteiger partial charge on any atom is 0.573 e. The van der Waals surface area contributed by atoms with Crippen molar-refractivity contribution in [1.29, 1.82) is 0 Å². The molecule has 1 fully saturated rings. The van der Waals surface area contributed by atoms with Crippen LogP contribution in [0, 0.1) is 0 Å². The number of alkyl halides is 3. The molecule has 1 saturated carbocycles. The fourth-order valence-corrected chi connectivity index (χ4v) is 5.92. The average molecular weight is 584 g/mol. The molecular weight excluding hydrogens is 563 g/mol. The van der Waals surface area contributed by atoms with Crippen molar-refractivity contribution in [2.45, 2.75) is 36.7 Å². The van der Waals surface area contributed by atoms with Crippen LogP contribution in [0.1, 0.15) is 29.9 Å². The predicted molar refractivity (Wildman–Crippen MR) is 140 cm³/mol. The predicted octanol–water partition coefficient (Wildman–Crippen LogP) is 4.07. The Hall–Kier alpha value is -4.79. The maximum absolute atomic E-state index is 14.2. The Labute approximate surface area is 230 Å². The highest BCUT2D eigenvalue weighted by Gasteiger charge is 2.36. The van der Waals surface area contributed by atoms with Gasteiger partial charge in [0.2, 0.25) is 0 Å². The molecule has 1 aliphatic rings. The van der Waals surface area contributed by atoms with Gasteiger partial charge in [-0.05, 0) is 58.3 Å². The van der Waals surface area contributed by atoms with Crippen molar-refractivity contribution in [1.82, 2.24) is 30.2 Å². The number of H-pyrrole nitrogens is 1. The lowest BCUT2D eigenvalue weighted by Gasteiger charge is -2.26. The van der Waals surface area contributed by atoms with Crippen molar-refractivity contribution in [3.05, 3.63) is 94.7 Å². The standard InChI is InChI=1S/C26H20F3N7O4S/c27-26(28,29)40-20-9-5-16(6-10-20)15-35(24-23(17-7-8-17)21-4-2-1-3-18(21)14-31-24)41(38,39)22-13-19(11-12-30-22)36-25(37)32-33-34-36/h1-6,9-14,17H,7-8,15H2,(H,32,34,37). The van der Waals surface area contributed by atoms with Gasteiger partial charge >= 0.3 is 12.1 Å². The zero-order valence-corrected chi connectivity index (χ0v) is 21.8. The van der Waals surface area contributed by atoms with Crippen LogP contribution in [0.2, 0.25) is 0 Å². The molecule has 3 aromatic heterocycles. The van der Waals surface area contributed by atoms with Crippen molar-refractivity contribution in [3.8, 4) is 11.4 Å². The summed E-state index contributed by atoms with van der Waals surface area (Å²) in [5, 5.41) is 10.5. The van der Waals surface area contributed by atoms with E-state index >= 15 is 0 Å². The molecule has 1 N–H and O–H groups in total. The van der Waals surface area contributed by atoms with Crippen molar-refractivity contribution >= 4 is 26.6 Å². The lowest BCUT2D eigenvalue weighted by molar-refractivity contribution is -0.274. The second-order valence-corrected chi connectivity index (χ2v) is 11.1. The number of hydrogen-bond donors (Lipinski definition) is 1. The number of benzene rings is 2. The minimum Gasteiger partial charge on any atom is -0.406 e. The molecule has 5 aromatic rings. The van der Waals surface area contributed by atoms with Crippen LogP contribution in [-0.4, -0.2) is 45.0 Å². The van der Waals surface area contributed by atoms with Crippen LogP contribution in [0.5, 0.6) is 5.75 Å². The van der Waals surface area contributed by atoms with Crippen molar-refractivity contribution in [2.75, 3.05) is 4.31 Å². The molecule has 2 aromatic carbocycles. The molecule has 15 heteroatoms. The minimum atomic E-state index is -4.87. The number of hydrogen-bond acceptors (Lipinski definition) is 8. The molecule has 0 bridgehead atoms. The molecule has 11 nitrogen and oxygen atoms in total. The van der Waals surface area contributed by atoms with Gasteiger partial charge < -0.3 is 4.74 Å². The van der Waals surface area contributed by atoms with E-state index in [1.54, 1.807) is 6.20 Å². The highest BCUT2D eigenvalue weighted by atomic mass is 32.2. The van der Waals surface area contributed by atoms with Gasteiger partial charge in [-0.1, -0.05) is 36.4 Å². The first kappa shape index (κ1) is 26.4. The van der Waals surface area contributed by atoms with E-state index in [1.165, 1.54) is 30.5 Å². The molecule has 0 aliphatic heterocycles. The molecule has 0 spiro atoms. The topological polar surface area (TPSA) is 136 Å². The Kier molecular flexibility index (Phi) is 6.44. The number of aromatic nitrogens is 6. The third kappa shape index (κ3) is 5.35. The van der Waals surface area contributed by atoms with Gasteiger partial charge in [-0.3, -0.25) is 0 Å². The number of aromatic amines is 1. The molecule has 1 aliphatic carbocycles. The Morgan fingerprint density at radius 2 is 1.80 bits per heavy atom. The molecule has 0 atom stereocenters. The SMILES string of the molecule is O=c1[nH]nnn1-c1ccnc(S(=O)(=O)N(Cc2ccc(OC(F)(F)F)cc2)c2ncc3ccccc3c2C2CC2)c1. The summed E-state index contributed by atoms with van der Waals surface area (Å²) < 4.78 is 72.4. The number of tetrazole rings is 1. The van der Waals surface area contributed by atoms with E-state index in [4.69, 9.17) is 0 Å². The van der Waals surface area contributed by atoms with E-state index in [0.717, 1.165) is 50.3 Å². The second-order valence-electron chi connectivity index (χ2n) is 9.33. The van der Waals surface area contributed by atoms with Crippen LogP contribution in [0.15, 0.2) is 82.9 Å². The summed E-state index contributed by atoms with van der Waals surface area (Å²) in [6.45, 7) is -0.268. The van der Waals surface area contributed by atoms with Crippen LogP contribution in [0.25, 0.3) is 16.5 Å². The number of pyridine rings is 2. The highest BCUT2D eigenvalue weighted by Crippen LogP contribution is 2.47. The summed E-state index contributed by atoms with van der Waals surface area (Å²) >= 11 is 0. The molecule has 0 radical (unpaired) electrons. The van der Waals surface area contributed by atoms with Gasteiger partial charge in [-0.2, -0.15) is 13.1 Å². The third-order valence-electron chi connectivity index (χ3n) is 6.51. The summed E-state index contributed by atoms with van der Waals surface area (Å²) in [6.07, 6.45) is -0.363. The van der Waals surface area contributed by atoms with Gasteiger partial charge in [-0.15, -0.1) is 13.2 Å². The van der Waals surface area contributed by atoms with Crippen LogP contribution in [-0.2, 0) is 16.6 Å². The summed E-state index contributed by atoms with van der Waals surface area (Å²) in [7, 11) is -4.44. The number of halogens is 3. The molecule has 3 heterocycles. The van der Waals surface area contributed by atoms with Crippen LogP contribution in [0.4, 0.5) is 19.0 Å². The number of sulfonamides is 1. The summed E-state index contributed by atoms with van der Waals surface area (Å²) in [6, 6.07) is 15.0. The molecular formula is C26H20F3N7O4S. The number of nitrogens with one attached hydrogen (secondary N) is 1. The molecule has 0 saturated heterocycles. The lowest BCUT2D eigenvalue weighted by atomic mass is 10.0. The molecule has 6 rings (SSSR count). The highest BCUT2D eigenvalue weighted by molar-refractivity contribution is 7.92. The Bertz CT molecular complexity index is 1900. The van der Waals surface area contributed by atoms with Crippen LogP contribution >= 0.6 is 0 Å². The molecule has 0 amide bonds. The van der Waals surface area contributed by atoms with Gasteiger partial charge in [0.1, 0.15) is 11.6 Å². The van der Waals surface area contributed by atoms with Gasteiger partial charge in [0.15, 0.2) is 5.03 Å². The van der Waals surface area contributed by atoms with Crippen molar-refractivity contribution in [2.24, 2.45) is 0 Å². The minimum absolute atomic E-state index is 0.0804. The quantitative estimate of drug-likeness (QED) is 0.289. The Morgan fingerprint density at radius 1 is 1.05 bits per heavy atom. The zero-order chi connectivity index (χ0) is 28.8. The maximum atomic E-state index is 14.2. The van der Waals surface area contributed by atoms with E-state index in [-0.39, 0.29) is 24.0 Å². The summed E-state index contributed by atoms with van der Waals surface area (Å²) in [4.78, 5) is 20.7. The number of nitrogens with zero attached hydrogens (tertiary/aromatic N) is 6. The normalized spacial score (nSPS) is 13.8. The van der Waals surface area contributed by atoms with Gasteiger partial charge in [0, 0.05) is 29.4 Å². The Balaban J connectivity index is 1.48.